The van der Waals surface area contributed by atoms with Crippen LogP contribution in [0.2, 0.25) is 5.32 Å². The first-order valence-corrected chi connectivity index (χ1v) is 10.5. The van der Waals surface area contributed by atoms with E-state index in [4.69, 9.17) is 0 Å². The van der Waals surface area contributed by atoms with Gasteiger partial charge in [0.2, 0.25) is 0 Å². The Labute approximate surface area is 132 Å². The van der Waals surface area contributed by atoms with E-state index in [1.165, 1.54) is 68.7 Å². The molecule has 0 fully saturated rings. The van der Waals surface area contributed by atoms with Crippen LogP contribution in [0.15, 0.2) is 35.3 Å². The molecule has 0 N–H and O–H groups in total. The van der Waals surface area contributed by atoms with Crippen LogP contribution in [-0.2, 0) is 0 Å². The van der Waals surface area contributed by atoms with Crippen LogP contribution in [0.25, 0.3) is 6.08 Å². The van der Waals surface area contributed by atoms with Crippen LogP contribution in [0.1, 0.15) is 70.3 Å². The van der Waals surface area contributed by atoms with Crippen LogP contribution in [-0.4, -0.2) is 15.0 Å². The van der Waals surface area contributed by atoms with Crippen molar-refractivity contribution < 1.29 is 0 Å². The van der Waals surface area contributed by atoms with Crippen LogP contribution >= 0.6 is 0 Å². The van der Waals surface area contributed by atoms with Crippen LogP contribution in [0.4, 0.5) is 0 Å². The van der Waals surface area contributed by atoms with Gasteiger partial charge in [0.05, 0.1) is 0 Å². The molecule has 0 amide bonds. The minimum atomic E-state index is 0.691. The maximum atomic E-state index is 2.38. The number of unbranched alkanes of at least 4 members (excludes halogenated alkanes) is 8. The van der Waals surface area contributed by atoms with E-state index in [0.29, 0.717) is 15.0 Å². The van der Waals surface area contributed by atoms with Crippen molar-refractivity contribution in [3.8, 4) is 0 Å². The van der Waals surface area contributed by atoms with Crippen LogP contribution in [0, 0.1) is 0 Å². The summed E-state index contributed by atoms with van der Waals surface area (Å²) in [5.41, 5.74) is 1.33. The first-order valence-electron chi connectivity index (χ1n) is 8.26. The Kier molecular flexibility index (Phi) is 11.8. The van der Waals surface area contributed by atoms with Gasteiger partial charge in [0.15, 0.2) is 0 Å². The molecule has 0 aliphatic rings. The zero-order valence-electron chi connectivity index (χ0n) is 13.0. The van der Waals surface area contributed by atoms with Gasteiger partial charge >= 0.3 is 132 Å². The second kappa shape index (κ2) is 13.5. The summed E-state index contributed by atoms with van der Waals surface area (Å²) >= 11 is 0.691. The van der Waals surface area contributed by atoms with E-state index in [1.54, 1.807) is 0 Å². The van der Waals surface area contributed by atoms with Gasteiger partial charge in [-0.2, -0.15) is 0 Å². The van der Waals surface area contributed by atoms with Crippen molar-refractivity contribution in [1.29, 1.82) is 0 Å². The SMILES string of the molecule is CCCCCCCCCCC[Se]/C=C\c1ccccc1. The summed E-state index contributed by atoms with van der Waals surface area (Å²) in [6.45, 7) is 2.29. The zero-order valence-corrected chi connectivity index (χ0v) is 14.7. The number of hydrogen-bond acceptors (Lipinski definition) is 0. The fourth-order valence-corrected chi connectivity index (χ4v) is 3.85. The van der Waals surface area contributed by atoms with Crippen molar-refractivity contribution in [1.82, 2.24) is 0 Å². The number of rotatable bonds is 12. The van der Waals surface area contributed by atoms with Gasteiger partial charge in [0.25, 0.3) is 0 Å². The van der Waals surface area contributed by atoms with Crippen LogP contribution in [0.5, 0.6) is 0 Å². The molecule has 20 heavy (non-hydrogen) atoms. The Bertz CT molecular complexity index is 329. The van der Waals surface area contributed by atoms with E-state index in [0.717, 1.165) is 0 Å². The molecule has 1 aromatic rings. The third kappa shape index (κ3) is 10.3. The summed E-state index contributed by atoms with van der Waals surface area (Å²) in [6.07, 6.45) is 15.2. The fourth-order valence-electron chi connectivity index (χ4n) is 2.25. The normalized spacial score (nSPS) is 11.2. The monoisotopic (exact) mass is 338 g/mol. The summed E-state index contributed by atoms with van der Waals surface area (Å²) in [6, 6.07) is 10.6. The van der Waals surface area contributed by atoms with E-state index in [1.807, 2.05) is 0 Å². The van der Waals surface area contributed by atoms with Gasteiger partial charge in [-0.15, -0.1) is 0 Å². The van der Waals surface area contributed by atoms with E-state index in [9.17, 15) is 0 Å². The first-order chi connectivity index (χ1) is 9.93. The second-order valence-electron chi connectivity index (χ2n) is 5.41. The van der Waals surface area contributed by atoms with Crippen molar-refractivity contribution >= 4 is 21.0 Å². The Hall–Kier alpha value is -0.521. The third-order valence-electron chi connectivity index (χ3n) is 3.52. The van der Waals surface area contributed by atoms with Gasteiger partial charge in [0, 0.05) is 0 Å². The second-order valence-corrected chi connectivity index (χ2v) is 7.54. The topological polar surface area (TPSA) is 0 Å². The molecule has 0 unspecified atom stereocenters. The summed E-state index contributed by atoms with van der Waals surface area (Å²) in [5, 5.41) is 1.41. The Morgan fingerprint density at radius 1 is 0.800 bits per heavy atom. The van der Waals surface area contributed by atoms with Crippen LogP contribution < -0.4 is 0 Å². The fraction of sp³-hybridized carbons (Fsp3) is 0.579. The summed E-state index contributed by atoms with van der Waals surface area (Å²) < 4.78 is 0. The molecule has 0 aliphatic heterocycles. The van der Waals surface area contributed by atoms with E-state index < -0.39 is 0 Å². The van der Waals surface area contributed by atoms with Gasteiger partial charge in [-0.05, 0) is 0 Å². The number of hydrogen-bond donors (Lipinski definition) is 0. The molecule has 0 nitrogen and oxygen atoms in total. The zero-order chi connectivity index (χ0) is 14.3. The quantitative estimate of drug-likeness (QED) is 0.310. The molecule has 1 heteroatoms. The molecule has 0 spiro atoms. The van der Waals surface area contributed by atoms with E-state index in [-0.39, 0.29) is 0 Å². The third-order valence-corrected chi connectivity index (χ3v) is 5.31. The van der Waals surface area contributed by atoms with Gasteiger partial charge in [-0.1, -0.05) is 0 Å². The average Bonchev–Trinajstić information content (AvgIpc) is 2.49. The molecule has 0 atom stereocenters. The molecule has 0 radical (unpaired) electrons. The molecule has 0 heterocycles. The van der Waals surface area contributed by atoms with Crippen molar-refractivity contribution in [2.75, 3.05) is 0 Å². The van der Waals surface area contributed by atoms with Crippen LogP contribution in [0.3, 0.4) is 0 Å². The van der Waals surface area contributed by atoms with E-state index >= 15 is 0 Å². The molecule has 0 saturated heterocycles. The van der Waals surface area contributed by atoms with Gasteiger partial charge in [-0.3, -0.25) is 0 Å². The molecule has 0 bridgehead atoms. The van der Waals surface area contributed by atoms with Crippen molar-refractivity contribution in [3.63, 3.8) is 0 Å². The Morgan fingerprint density at radius 3 is 2.05 bits per heavy atom. The predicted molar refractivity (Wildman–Crippen MR) is 93.3 cm³/mol. The Balaban J connectivity index is 1.84. The molecular weight excluding hydrogens is 307 g/mol. The Morgan fingerprint density at radius 2 is 1.40 bits per heavy atom. The average molecular weight is 337 g/mol. The van der Waals surface area contributed by atoms with Gasteiger partial charge < -0.3 is 0 Å². The summed E-state index contributed by atoms with van der Waals surface area (Å²) in [7, 11) is 0. The van der Waals surface area contributed by atoms with Crippen molar-refractivity contribution in [3.05, 3.63) is 40.9 Å². The molecular formula is C19H30Se. The van der Waals surface area contributed by atoms with Gasteiger partial charge in [0.1, 0.15) is 0 Å². The van der Waals surface area contributed by atoms with E-state index in [2.05, 4.69) is 48.3 Å². The molecule has 0 aromatic heterocycles. The molecule has 112 valence electrons. The van der Waals surface area contributed by atoms with Crippen molar-refractivity contribution in [2.24, 2.45) is 0 Å². The summed E-state index contributed by atoms with van der Waals surface area (Å²) in [4.78, 5) is 2.38. The number of benzene rings is 1. The van der Waals surface area contributed by atoms with Gasteiger partial charge in [-0.25, -0.2) is 0 Å². The minimum absolute atomic E-state index is 0.691. The molecule has 1 aromatic carbocycles. The molecule has 0 saturated carbocycles. The standard InChI is InChI=1S/C19H30Se/c1-2-3-4-5-6-7-8-9-13-17-20-18-16-19-14-11-10-12-15-19/h10-12,14-16,18H,2-9,13,17H2,1H3/b18-16-. The summed E-state index contributed by atoms with van der Waals surface area (Å²) in [5.74, 6) is 0. The maximum absolute atomic E-state index is 2.38. The van der Waals surface area contributed by atoms with Crippen molar-refractivity contribution in [2.45, 2.75) is 70.0 Å². The first kappa shape index (κ1) is 17.5. The predicted octanol–water partition coefficient (Wildman–Crippen LogP) is 6.31. The molecule has 1 rings (SSSR count). The molecule has 0 aliphatic carbocycles.